The van der Waals surface area contributed by atoms with E-state index in [0.29, 0.717) is 44.2 Å². The number of nitrogens with one attached hydrogen (secondary N) is 1. The molecule has 0 saturated carbocycles. The second-order valence-corrected chi connectivity index (χ2v) is 7.19. The van der Waals surface area contributed by atoms with Crippen molar-refractivity contribution in [1.29, 1.82) is 0 Å². The summed E-state index contributed by atoms with van der Waals surface area (Å²) in [6.07, 6.45) is 0.0965. The van der Waals surface area contributed by atoms with Gasteiger partial charge < -0.3 is 19.9 Å². The van der Waals surface area contributed by atoms with E-state index in [9.17, 15) is 14.4 Å². The fourth-order valence-corrected chi connectivity index (χ4v) is 4.02. The number of rotatable bonds is 3. The van der Waals surface area contributed by atoms with Gasteiger partial charge in [0.1, 0.15) is 11.4 Å². The summed E-state index contributed by atoms with van der Waals surface area (Å²) in [5, 5.41) is 10.2. The molecule has 4 heterocycles. The van der Waals surface area contributed by atoms with Crippen LogP contribution < -0.4 is 5.32 Å². The van der Waals surface area contributed by atoms with Crippen LogP contribution in [-0.4, -0.2) is 83.8 Å². The number of carbonyl (C=O) groups is 3. The van der Waals surface area contributed by atoms with Gasteiger partial charge in [0, 0.05) is 32.1 Å². The first-order valence-corrected chi connectivity index (χ1v) is 8.69. The summed E-state index contributed by atoms with van der Waals surface area (Å²) in [4.78, 5) is 40.8. The molecule has 0 bridgehead atoms. The first-order valence-electron chi connectivity index (χ1n) is 8.69. The van der Waals surface area contributed by atoms with E-state index in [1.807, 2.05) is 0 Å². The molecule has 0 radical (unpaired) electrons. The minimum absolute atomic E-state index is 0.0551. The van der Waals surface area contributed by atoms with E-state index in [2.05, 4.69) is 20.3 Å². The van der Waals surface area contributed by atoms with Crippen molar-refractivity contribution >= 4 is 17.7 Å². The van der Waals surface area contributed by atoms with Crippen molar-refractivity contribution in [2.75, 3.05) is 45.9 Å². The van der Waals surface area contributed by atoms with E-state index in [0.717, 1.165) is 0 Å². The van der Waals surface area contributed by atoms with Gasteiger partial charge in [-0.1, -0.05) is 10.3 Å². The van der Waals surface area contributed by atoms with Crippen molar-refractivity contribution in [2.24, 2.45) is 11.3 Å². The summed E-state index contributed by atoms with van der Waals surface area (Å²) >= 11 is 0. The first-order chi connectivity index (χ1) is 12.5. The summed E-state index contributed by atoms with van der Waals surface area (Å²) in [6.45, 7) is 4.23. The van der Waals surface area contributed by atoms with Gasteiger partial charge in [-0.25, -0.2) is 4.63 Å². The van der Waals surface area contributed by atoms with Crippen LogP contribution in [0.25, 0.3) is 0 Å². The fraction of sp³-hybridized carbons (Fsp3) is 0.688. The van der Waals surface area contributed by atoms with Crippen LogP contribution in [0.4, 0.5) is 0 Å². The Bertz CT molecular complexity index is 749. The highest BCUT2D eigenvalue weighted by Gasteiger charge is 2.58. The van der Waals surface area contributed by atoms with Crippen LogP contribution in [0.15, 0.2) is 4.63 Å². The molecule has 10 nitrogen and oxygen atoms in total. The van der Waals surface area contributed by atoms with Gasteiger partial charge in [0.25, 0.3) is 0 Å². The van der Waals surface area contributed by atoms with Crippen molar-refractivity contribution in [1.82, 2.24) is 25.4 Å². The highest BCUT2D eigenvalue weighted by atomic mass is 16.6. The van der Waals surface area contributed by atoms with E-state index in [4.69, 9.17) is 4.74 Å². The van der Waals surface area contributed by atoms with Crippen LogP contribution in [0.1, 0.15) is 11.4 Å². The molecule has 0 unspecified atom stereocenters. The van der Waals surface area contributed by atoms with Crippen molar-refractivity contribution in [2.45, 2.75) is 13.3 Å². The lowest BCUT2D eigenvalue weighted by Gasteiger charge is -2.35. The Balaban J connectivity index is 1.49. The van der Waals surface area contributed by atoms with Crippen LogP contribution in [0.2, 0.25) is 0 Å². The average Bonchev–Trinajstić information content (AvgIpc) is 3.29. The maximum absolute atomic E-state index is 13.2. The van der Waals surface area contributed by atoms with Crippen LogP contribution in [0.3, 0.4) is 0 Å². The molecule has 1 aromatic heterocycles. The number of likely N-dealkylation sites (tertiary alicyclic amines) is 1. The summed E-state index contributed by atoms with van der Waals surface area (Å²) in [6, 6.07) is 0. The molecule has 3 aliphatic heterocycles. The van der Waals surface area contributed by atoms with E-state index in [-0.39, 0.29) is 43.2 Å². The van der Waals surface area contributed by atoms with Crippen molar-refractivity contribution < 1.29 is 23.7 Å². The van der Waals surface area contributed by atoms with Crippen molar-refractivity contribution in [3.8, 4) is 0 Å². The molecule has 2 atom stereocenters. The van der Waals surface area contributed by atoms with Crippen LogP contribution >= 0.6 is 0 Å². The standard InChI is InChI=1S/C16H21N5O5/c1-10-12(19-26-18-10)4-14(23)21-5-11-7-25-9-16(11,8-21)15(24)20-3-2-17-13(22)6-20/h11H,2-9H2,1H3,(H,17,22)/t11-,16-/m0/s1. The normalized spacial score (nSPS) is 28.2. The van der Waals surface area contributed by atoms with E-state index in [1.54, 1.807) is 16.7 Å². The van der Waals surface area contributed by atoms with Crippen LogP contribution in [0.5, 0.6) is 0 Å². The molecule has 3 aliphatic rings. The number of hydrogen-bond acceptors (Lipinski definition) is 7. The summed E-state index contributed by atoms with van der Waals surface area (Å²) in [5.74, 6) is -0.414. The quantitative estimate of drug-likeness (QED) is 0.684. The monoisotopic (exact) mass is 363 g/mol. The van der Waals surface area contributed by atoms with E-state index in [1.165, 1.54) is 0 Å². The van der Waals surface area contributed by atoms with Crippen LogP contribution in [0, 0.1) is 18.3 Å². The number of fused-ring (bicyclic) bond motifs is 1. The summed E-state index contributed by atoms with van der Waals surface area (Å²) in [5.41, 5.74) is 0.340. The maximum Gasteiger partial charge on any atom is 0.239 e. The fourth-order valence-electron chi connectivity index (χ4n) is 4.02. The largest absolute Gasteiger partial charge is 0.380 e. The van der Waals surface area contributed by atoms with Gasteiger partial charge in [-0.05, 0) is 6.92 Å². The molecule has 140 valence electrons. The average molecular weight is 363 g/mol. The van der Waals surface area contributed by atoms with Gasteiger partial charge in [0.15, 0.2) is 0 Å². The van der Waals surface area contributed by atoms with Gasteiger partial charge in [-0.2, -0.15) is 0 Å². The van der Waals surface area contributed by atoms with Gasteiger partial charge >= 0.3 is 0 Å². The first kappa shape index (κ1) is 17.0. The lowest BCUT2D eigenvalue weighted by atomic mass is 9.79. The third-order valence-corrected chi connectivity index (χ3v) is 5.54. The molecule has 0 aromatic carbocycles. The zero-order valence-corrected chi connectivity index (χ0v) is 14.6. The Morgan fingerprint density at radius 1 is 1.35 bits per heavy atom. The number of nitrogens with zero attached hydrogens (tertiary/aromatic N) is 4. The molecule has 26 heavy (non-hydrogen) atoms. The maximum atomic E-state index is 13.2. The Kier molecular flexibility index (Phi) is 4.14. The van der Waals surface area contributed by atoms with Crippen molar-refractivity contribution in [3.63, 3.8) is 0 Å². The third-order valence-electron chi connectivity index (χ3n) is 5.54. The lowest BCUT2D eigenvalue weighted by Crippen LogP contribution is -2.56. The SMILES string of the molecule is Cc1nonc1CC(=O)N1C[C@H]2COC[C@@]2(C(=O)N2CCNC(=O)C2)C1. The third kappa shape index (κ3) is 2.74. The molecule has 0 spiro atoms. The molecule has 0 aliphatic carbocycles. The summed E-state index contributed by atoms with van der Waals surface area (Å²) < 4.78 is 10.2. The van der Waals surface area contributed by atoms with Gasteiger partial charge in [0.2, 0.25) is 17.7 Å². The second-order valence-electron chi connectivity index (χ2n) is 7.19. The molecule has 10 heteroatoms. The van der Waals surface area contributed by atoms with E-state index < -0.39 is 5.41 Å². The lowest BCUT2D eigenvalue weighted by molar-refractivity contribution is -0.147. The number of piperazine rings is 1. The Hall–Kier alpha value is -2.49. The highest BCUT2D eigenvalue weighted by molar-refractivity contribution is 5.91. The molecular weight excluding hydrogens is 342 g/mol. The summed E-state index contributed by atoms with van der Waals surface area (Å²) in [7, 11) is 0. The molecule has 4 rings (SSSR count). The zero-order chi connectivity index (χ0) is 18.3. The van der Waals surface area contributed by atoms with Gasteiger partial charge in [0.05, 0.1) is 31.6 Å². The number of aromatic nitrogens is 2. The van der Waals surface area contributed by atoms with Gasteiger partial charge in [-0.15, -0.1) is 0 Å². The topological polar surface area (TPSA) is 118 Å². The minimum atomic E-state index is -0.760. The number of hydrogen-bond donors (Lipinski definition) is 1. The Morgan fingerprint density at radius 2 is 2.19 bits per heavy atom. The smallest absolute Gasteiger partial charge is 0.239 e. The molecule has 3 amide bonds. The number of aryl methyl sites for hydroxylation is 1. The second kappa shape index (κ2) is 6.35. The van der Waals surface area contributed by atoms with Crippen LogP contribution in [-0.2, 0) is 25.5 Å². The molecule has 1 aromatic rings. The Labute approximate surface area is 149 Å². The highest BCUT2D eigenvalue weighted by Crippen LogP contribution is 2.43. The minimum Gasteiger partial charge on any atom is -0.380 e. The number of amides is 3. The Morgan fingerprint density at radius 3 is 2.92 bits per heavy atom. The molecule has 3 saturated heterocycles. The van der Waals surface area contributed by atoms with E-state index >= 15 is 0 Å². The predicted molar refractivity (Wildman–Crippen MR) is 85.7 cm³/mol. The molecular formula is C16H21N5O5. The van der Waals surface area contributed by atoms with Gasteiger partial charge in [-0.3, -0.25) is 14.4 Å². The zero-order valence-electron chi connectivity index (χ0n) is 14.6. The molecule has 3 fully saturated rings. The molecule has 1 N–H and O–H groups in total. The predicted octanol–water partition coefficient (Wildman–Crippen LogP) is -1.65. The van der Waals surface area contributed by atoms with Crippen molar-refractivity contribution in [3.05, 3.63) is 11.4 Å². The number of carbonyl (C=O) groups excluding carboxylic acids is 3. The number of ether oxygens (including phenoxy) is 1.